The molecule has 138 valence electrons. The lowest BCUT2D eigenvalue weighted by molar-refractivity contribution is 0.101. The van der Waals surface area contributed by atoms with Crippen LogP contribution in [0.25, 0.3) is 11.3 Å². The molecule has 1 aliphatic heterocycles. The molecule has 0 radical (unpaired) electrons. The van der Waals surface area contributed by atoms with Crippen LogP contribution >= 0.6 is 11.8 Å². The number of anilines is 1. The van der Waals surface area contributed by atoms with Gasteiger partial charge in [-0.3, -0.25) is 9.69 Å². The van der Waals surface area contributed by atoms with Gasteiger partial charge in [0.15, 0.2) is 11.5 Å². The quantitative estimate of drug-likeness (QED) is 0.722. The molecule has 0 atom stereocenters. The van der Waals surface area contributed by atoms with Crippen LogP contribution in [-0.2, 0) is 6.54 Å². The van der Waals surface area contributed by atoms with E-state index in [1.807, 2.05) is 60.3 Å². The van der Waals surface area contributed by atoms with Gasteiger partial charge in [0.25, 0.3) is 5.91 Å². The Hall–Kier alpha value is -2.57. The Morgan fingerprint density at radius 3 is 2.63 bits per heavy atom. The maximum atomic E-state index is 12.7. The number of aromatic nitrogens is 1. The molecule has 1 aliphatic rings. The van der Waals surface area contributed by atoms with Crippen LogP contribution in [0.2, 0.25) is 0 Å². The molecule has 0 bridgehead atoms. The fourth-order valence-corrected chi connectivity index (χ4v) is 4.07. The van der Waals surface area contributed by atoms with Gasteiger partial charge < -0.3 is 9.84 Å². The lowest BCUT2D eigenvalue weighted by atomic mass is 10.1. The number of hydrogen-bond acceptors (Lipinski definition) is 5. The van der Waals surface area contributed by atoms with Crippen LogP contribution in [-0.4, -0.2) is 40.6 Å². The molecular weight excluding hydrogens is 358 g/mol. The maximum Gasteiger partial charge on any atom is 0.277 e. The van der Waals surface area contributed by atoms with E-state index < -0.39 is 0 Å². The first-order valence-electron chi connectivity index (χ1n) is 9.01. The molecule has 6 heteroatoms. The van der Waals surface area contributed by atoms with E-state index in [0.29, 0.717) is 5.76 Å². The highest BCUT2D eigenvalue weighted by Crippen LogP contribution is 2.22. The molecular formula is C21H21N3O2S. The average molecular weight is 379 g/mol. The number of carbonyl (C=O) groups excluding carboxylic acids is 1. The second-order valence-corrected chi connectivity index (χ2v) is 7.67. The van der Waals surface area contributed by atoms with Crippen molar-refractivity contribution >= 4 is 23.4 Å². The Balaban J connectivity index is 1.48. The van der Waals surface area contributed by atoms with Crippen LogP contribution in [0.3, 0.4) is 0 Å². The normalized spacial score (nSPS) is 14.8. The maximum absolute atomic E-state index is 12.7. The molecule has 0 aliphatic carbocycles. The second kappa shape index (κ2) is 8.41. The van der Waals surface area contributed by atoms with Crippen molar-refractivity contribution in [2.45, 2.75) is 6.54 Å². The van der Waals surface area contributed by atoms with Crippen LogP contribution in [0.4, 0.5) is 5.69 Å². The van der Waals surface area contributed by atoms with Crippen LogP contribution in [0.15, 0.2) is 65.2 Å². The average Bonchev–Trinajstić information content (AvgIpc) is 3.21. The molecule has 1 amide bonds. The summed E-state index contributed by atoms with van der Waals surface area (Å²) in [5.74, 6) is 2.65. The van der Waals surface area contributed by atoms with Gasteiger partial charge in [-0.25, -0.2) is 0 Å². The Morgan fingerprint density at radius 1 is 1.07 bits per heavy atom. The molecule has 0 saturated carbocycles. The van der Waals surface area contributed by atoms with E-state index >= 15 is 0 Å². The molecule has 3 aromatic rings. The number of benzene rings is 2. The smallest absolute Gasteiger partial charge is 0.277 e. The Labute approximate surface area is 162 Å². The predicted octanol–water partition coefficient (Wildman–Crippen LogP) is 4.14. The summed E-state index contributed by atoms with van der Waals surface area (Å²) in [6.07, 6.45) is 0. The lowest BCUT2D eigenvalue weighted by Gasteiger charge is -2.27. The summed E-state index contributed by atoms with van der Waals surface area (Å²) < 4.78 is 5.34. The highest BCUT2D eigenvalue weighted by molar-refractivity contribution is 7.99. The first kappa shape index (κ1) is 17.8. The SMILES string of the molecule is O=C(Nc1ccccc1CN1CCSCC1)c1cc(-c2ccccc2)on1. The molecule has 2 heterocycles. The zero-order valence-corrected chi connectivity index (χ0v) is 15.7. The lowest BCUT2D eigenvalue weighted by Crippen LogP contribution is -2.32. The van der Waals surface area contributed by atoms with Gasteiger partial charge in [-0.2, -0.15) is 11.8 Å². The highest BCUT2D eigenvalue weighted by atomic mass is 32.2. The molecule has 1 N–H and O–H groups in total. The van der Waals surface area contributed by atoms with Gasteiger partial charge >= 0.3 is 0 Å². The van der Waals surface area contributed by atoms with Crippen molar-refractivity contribution in [1.82, 2.24) is 10.1 Å². The van der Waals surface area contributed by atoms with Crippen LogP contribution < -0.4 is 5.32 Å². The summed E-state index contributed by atoms with van der Waals surface area (Å²) in [4.78, 5) is 15.1. The Bertz CT molecular complexity index is 905. The molecule has 1 fully saturated rings. The molecule has 2 aromatic carbocycles. The fraction of sp³-hybridized carbons (Fsp3) is 0.238. The summed E-state index contributed by atoms with van der Waals surface area (Å²) in [5, 5.41) is 6.92. The van der Waals surface area contributed by atoms with Crippen molar-refractivity contribution in [3.8, 4) is 11.3 Å². The van der Waals surface area contributed by atoms with Gasteiger partial charge in [-0.05, 0) is 11.6 Å². The second-order valence-electron chi connectivity index (χ2n) is 6.44. The zero-order valence-electron chi connectivity index (χ0n) is 14.9. The van der Waals surface area contributed by atoms with Crippen molar-refractivity contribution in [3.63, 3.8) is 0 Å². The minimum atomic E-state index is -0.261. The number of carbonyl (C=O) groups is 1. The number of amides is 1. The molecule has 4 rings (SSSR count). The van der Waals surface area contributed by atoms with Crippen LogP contribution in [0.1, 0.15) is 16.1 Å². The van der Waals surface area contributed by atoms with Crippen molar-refractivity contribution in [1.29, 1.82) is 0 Å². The standard InChI is InChI=1S/C21H21N3O2S/c25-21(19-14-20(26-23-19)16-6-2-1-3-7-16)22-18-9-5-4-8-17(18)15-24-10-12-27-13-11-24/h1-9,14H,10-13,15H2,(H,22,25). The van der Waals surface area contributed by atoms with E-state index in [-0.39, 0.29) is 11.6 Å². The summed E-state index contributed by atoms with van der Waals surface area (Å²) in [5.41, 5.74) is 3.11. The van der Waals surface area contributed by atoms with Gasteiger partial charge in [-0.15, -0.1) is 0 Å². The van der Waals surface area contributed by atoms with Crippen molar-refractivity contribution in [2.24, 2.45) is 0 Å². The third kappa shape index (κ3) is 4.40. The number of rotatable bonds is 5. The Morgan fingerprint density at radius 2 is 1.81 bits per heavy atom. The molecule has 0 unspecified atom stereocenters. The van der Waals surface area contributed by atoms with Gasteiger partial charge in [0, 0.05) is 48.5 Å². The van der Waals surface area contributed by atoms with E-state index in [0.717, 1.165) is 48.0 Å². The summed E-state index contributed by atoms with van der Waals surface area (Å²) in [6.45, 7) is 3.00. The van der Waals surface area contributed by atoms with E-state index in [2.05, 4.69) is 21.4 Å². The van der Waals surface area contributed by atoms with Crippen LogP contribution in [0.5, 0.6) is 0 Å². The molecule has 27 heavy (non-hydrogen) atoms. The number of nitrogens with zero attached hydrogens (tertiary/aromatic N) is 2. The van der Waals surface area contributed by atoms with Crippen molar-refractivity contribution < 1.29 is 9.32 Å². The Kier molecular flexibility index (Phi) is 5.55. The number of hydrogen-bond donors (Lipinski definition) is 1. The first-order chi connectivity index (χ1) is 13.3. The molecule has 1 aromatic heterocycles. The molecule has 1 saturated heterocycles. The van der Waals surface area contributed by atoms with Gasteiger partial charge in [-0.1, -0.05) is 53.7 Å². The largest absolute Gasteiger partial charge is 0.355 e. The van der Waals surface area contributed by atoms with E-state index in [9.17, 15) is 4.79 Å². The summed E-state index contributed by atoms with van der Waals surface area (Å²) in [7, 11) is 0. The third-order valence-corrected chi connectivity index (χ3v) is 5.51. The van der Waals surface area contributed by atoms with E-state index in [1.54, 1.807) is 6.07 Å². The topological polar surface area (TPSA) is 58.4 Å². The minimum absolute atomic E-state index is 0.261. The zero-order chi connectivity index (χ0) is 18.5. The fourth-order valence-electron chi connectivity index (χ4n) is 3.09. The van der Waals surface area contributed by atoms with E-state index in [1.165, 1.54) is 0 Å². The van der Waals surface area contributed by atoms with E-state index in [4.69, 9.17) is 4.52 Å². The predicted molar refractivity (Wildman–Crippen MR) is 109 cm³/mol. The van der Waals surface area contributed by atoms with Crippen molar-refractivity contribution in [2.75, 3.05) is 29.9 Å². The van der Waals surface area contributed by atoms with Gasteiger partial charge in [0.05, 0.1) is 0 Å². The molecule has 0 spiro atoms. The van der Waals surface area contributed by atoms with Crippen LogP contribution in [0, 0.1) is 0 Å². The third-order valence-electron chi connectivity index (χ3n) is 4.56. The van der Waals surface area contributed by atoms with Gasteiger partial charge in [0.2, 0.25) is 0 Å². The highest BCUT2D eigenvalue weighted by Gasteiger charge is 2.17. The van der Waals surface area contributed by atoms with Crippen molar-refractivity contribution in [3.05, 3.63) is 71.9 Å². The summed E-state index contributed by atoms with van der Waals surface area (Å²) >= 11 is 1.99. The monoisotopic (exact) mass is 379 g/mol. The number of nitrogens with one attached hydrogen (secondary N) is 1. The first-order valence-corrected chi connectivity index (χ1v) is 10.2. The minimum Gasteiger partial charge on any atom is -0.355 e. The molecule has 5 nitrogen and oxygen atoms in total. The number of para-hydroxylation sites is 1. The van der Waals surface area contributed by atoms with Gasteiger partial charge in [0.1, 0.15) is 0 Å². The summed E-state index contributed by atoms with van der Waals surface area (Å²) in [6, 6.07) is 19.2. The number of thioether (sulfide) groups is 1.